The van der Waals surface area contributed by atoms with Gasteiger partial charge >= 0.3 is 0 Å². The van der Waals surface area contributed by atoms with E-state index in [4.69, 9.17) is 9.47 Å². The fourth-order valence-electron chi connectivity index (χ4n) is 4.26. The molecule has 0 radical (unpaired) electrons. The van der Waals surface area contributed by atoms with E-state index < -0.39 is 0 Å². The molecule has 0 atom stereocenters. The summed E-state index contributed by atoms with van der Waals surface area (Å²) < 4.78 is 14.5. The van der Waals surface area contributed by atoms with Crippen LogP contribution < -0.4 is 9.47 Å². The third-order valence-corrected chi connectivity index (χ3v) is 6.20. The molecule has 0 bridgehead atoms. The molecule has 0 unspecified atom stereocenters. The van der Waals surface area contributed by atoms with Crippen molar-refractivity contribution in [1.82, 2.24) is 25.2 Å². The second kappa shape index (κ2) is 10.1. The molecule has 2 heterocycles. The highest BCUT2D eigenvalue weighted by Gasteiger charge is 2.22. The molecule has 7 nitrogen and oxygen atoms in total. The molecule has 33 heavy (non-hydrogen) atoms. The second-order valence-corrected chi connectivity index (χ2v) is 8.80. The number of hydrogen-bond acceptors (Lipinski definition) is 5. The Hall–Kier alpha value is -3.35. The van der Waals surface area contributed by atoms with Crippen molar-refractivity contribution in [1.29, 1.82) is 0 Å². The van der Waals surface area contributed by atoms with Crippen molar-refractivity contribution in [2.24, 2.45) is 5.92 Å². The molecule has 2 aromatic carbocycles. The van der Waals surface area contributed by atoms with Gasteiger partial charge in [0.15, 0.2) is 0 Å². The number of nitrogens with one attached hydrogen (secondary N) is 1. The Morgan fingerprint density at radius 3 is 2.55 bits per heavy atom. The van der Waals surface area contributed by atoms with Crippen LogP contribution in [0, 0.1) is 5.92 Å². The van der Waals surface area contributed by atoms with Crippen molar-refractivity contribution in [3.05, 3.63) is 54.2 Å². The first kappa shape index (κ1) is 21.5. The summed E-state index contributed by atoms with van der Waals surface area (Å²) in [5.41, 5.74) is 3.60. The molecule has 172 valence electrons. The Balaban J connectivity index is 1.11. The number of hydrogen-bond donors (Lipinski definition) is 1. The molecule has 1 saturated carbocycles. The minimum absolute atomic E-state index is 0.582. The number of aryl methyl sites for hydroxylation is 1. The first-order valence-electron chi connectivity index (χ1n) is 12.0. The van der Waals surface area contributed by atoms with Gasteiger partial charge in [0.25, 0.3) is 0 Å². The van der Waals surface area contributed by atoms with Crippen molar-refractivity contribution >= 4 is 10.9 Å². The number of unbranched alkanes of at least 4 members (excludes halogenated alkanes) is 1. The maximum Gasteiger partial charge on any atom is 0.204 e. The molecule has 7 heteroatoms. The van der Waals surface area contributed by atoms with Gasteiger partial charge in [0.1, 0.15) is 11.5 Å². The van der Waals surface area contributed by atoms with Crippen molar-refractivity contribution in [3.63, 3.8) is 0 Å². The van der Waals surface area contributed by atoms with Gasteiger partial charge in [-0.1, -0.05) is 13.3 Å². The second-order valence-electron chi connectivity index (χ2n) is 8.80. The van der Waals surface area contributed by atoms with Gasteiger partial charge in [0, 0.05) is 34.8 Å². The highest BCUT2D eigenvalue weighted by Crippen LogP contribution is 2.35. The van der Waals surface area contributed by atoms with Gasteiger partial charge in [-0.2, -0.15) is 5.21 Å². The van der Waals surface area contributed by atoms with Crippen LogP contribution in [0.4, 0.5) is 0 Å². The predicted molar refractivity (Wildman–Crippen MR) is 128 cm³/mol. The molecular formula is C26H31N5O2. The number of tetrazole rings is 1. The number of fused-ring (bicyclic) bond motifs is 1. The lowest BCUT2D eigenvalue weighted by Gasteiger charge is -2.14. The average molecular weight is 446 g/mol. The maximum absolute atomic E-state index is 6.22. The van der Waals surface area contributed by atoms with E-state index in [1.807, 2.05) is 24.3 Å². The highest BCUT2D eigenvalue weighted by atomic mass is 16.5. The molecule has 5 rings (SSSR count). The van der Waals surface area contributed by atoms with Gasteiger partial charge in [-0.3, -0.25) is 0 Å². The minimum Gasteiger partial charge on any atom is -0.494 e. The third-order valence-electron chi connectivity index (χ3n) is 6.20. The topological polar surface area (TPSA) is 77.8 Å². The fourth-order valence-corrected chi connectivity index (χ4v) is 4.26. The number of rotatable bonds is 12. The van der Waals surface area contributed by atoms with Gasteiger partial charge < -0.3 is 14.0 Å². The molecule has 1 fully saturated rings. The molecule has 1 aliphatic rings. The van der Waals surface area contributed by atoms with E-state index in [2.05, 4.69) is 56.5 Å². The number of aromatic nitrogens is 5. The van der Waals surface area contributed by atoms with E-state index in [9.17, 15) is 0 Å². The van der Waals surface area contributed by atoms with E-state index in [1.54, 1.807) is 0 Å². The normalized spacial score (nSPS) is 13.5. The van der Waals surface area contributed by atoms with Crippen LogP contribution in [-0.4, -0.2) is 38.4 Å². The fraction of sp³-hybridized carbons (Fsp3) is 0.423. The van der Waals surface area contributed by atoms with Crippen LogP contribution >= 0.6 is 0 Å². The highest BCUT2D eigenvalue weighted by molar-refractivity contribution is 5.86. The van der Waals surface area contributed by atoms with Crippen molar-refractivity contribution < 1.29 is 9.47 Å². The summed E-state index contributed by atoms with van der Waals surface area (Å²) in [7, 11) is 0. The quantitative estimate of drug-likeness (QED) is 0.295. The molecule has 0 aliphatic heterocycles. The molecule has 0 spiro atoms. The van der Waals surface area contributed by atoms with Crippen molar-refractivity contribution in [2.45, 2.75) is 52.0 Å². The lowest BCUT2D eigenvalue weighted by molar-refractivity contribution is 0.265. The minimum atomic E-state index is 0.582. The standard InChI is InChI=1S/C26H31N5O2/c1-2-5-23-22-14-15-31(18-19-6-7-19)24(22)12-13-25(23)33-17-4-3-16-32-21-10-8-20(9-11-21)26-27-29-30-28-26/h8-15,19H,2-7,16-18H2,1H3,(H,27,28,29,30). The SMILES string of the molecule is CCCc1c(OCCCCOc2ccc(-c3nn[nH]n3)cc2)ccc2c1ccn2CC1CC1. The zero-order valence-electron chi connectivity index (χ0n) is 19.2. The maximum atomic E-state index is 6.22. The van der Waals surface area contributed by atoms with E-state index in [0.717, 1.165) is 55.2 Å². The lowest BCUT2D eigenvalue weighted by atomic mass is 10.0. The van der Waals surface area contributed by atoms with Gasteiger partial charge in [0.2, 0.25) is 5.82 Å². The molecule has 4 aromatic rings. The molecular weight excluding hydrogens is 414 g/mol. The number of nitrogens with zero attached hydrogens (tertiary/aromatic N) is 4. The number of aromatic amines is 1. The first-order valence-corrected chi connectivity index (χ1v) is 12.0. The number of benzene rings is 2. The van der Waals surface area contributed by atoms with Crippen LogP contribution in [-0.2, 0) is 13.0 Å². The monoisotopic (exact) mass is 445 g/mol. The van der Waals surface area contributed by atoms with Gasteiger partial charge in [0.05, 0.1) is 13.2 Å². The Kier molecular flexibility index (Phi) is 6.56. The zero-order valence-corrected chi connectivity index (χ0v) is 19.2. The lowest BCUT2D eigenvalue weighted by Crippen LogP contribution is -2.04. The summed E-state index contributed by atoms with van der Waals surface area (Å²) in [6.07, 6.45) is 9.04. The number of ether oxygens (including phenoxy) is 2. The van der Waals surface area contributed by atoms with Crippen LogP contribution in [0.3, 0.4) is 0 Å². The van der Waals surface area contributed by atoms with Gasteiger partial charge in [-0.25, -0.2) is 0 Å². The Morgan fingerprint density at radius 1 is 1.00 bits per heavy atom. The molecule has 0 amide bonds. The predicted octanol–water partition coefficient (Wildman–Crippen LogP) is 5.42. The smallest absolute Gasteiger partial charge is 0.204 e. The summed E-state index contributed by atoms with van der Waals surface area (Å²) in [6.45, 7) is 4.74. The van der Waals surface area contributed by atoms with Crippen LogP contribution in [0.1, 0.15) is 44.6 Å². The zero-order chi connectivity index (χ0) is 22.5. The van der Waals surface area contributed by atoms with Crippen LogP contribution in [0.25, 0.3) is 22.3 Å². The van der Waals surface area contributed by atoms with Gasteiger partial charge in [-0.05, 0) is 85.7 Å². The van der Waals surface area contributed by atoms with Crippen LogP contribution in [0.15, 0.2) is 48.7 Å². The van der Waals surface area contributed by atoms with Crippen molar-refractivity contribution in [3.8, 4) is 22.9 Å². The van der Waals surface area contributed by atoms with E-state index in [1.165, 1.54) is 29.3 Å². The summed E-state index contributed by atoms with van der Waals surface area (Å²) in [5.74, 6) is 3.33. The first-order chi connectivity index (χ1) is 16.3. The summed E-state index contributed by atoms with van der Waals surface area (Å²) >= 11 is 0. The van der Waals surface area contributed by atoms with Crippen LogP contribution in [0.2, 0.25) is 0 Å². The summed E-state index contributed by atoms with van der Waals surface area (Å²) in [5, 5.41) is 15.4. The van der Waals surface area contributed by atoms with Crippen LogP contribution in [0.5, 0.6) is 11.5 Å². The Labute approximate surface area is 194 Å². The van der Waals surface area contributed by atoms with E-state index in [0.29, 0.717) is 19.0 Å². The average Bonchev–Trinajstić information content (AvgIpc) is 3.31. The number of H-pyrrole nitrogens is 1. The van der Waals surface area contributed by atoms with Gasteiger partial charge in [-0.15, -0.1) is 10.2 Å². The largest absolute Gasteiger partial charge is 0.494 e. The Morgan fingerprint density at radius 2 is 1.82 bits per heavy atom. The molecule has 2 aromatic heterocycles. The third kappa shape index (κ3) is 5.18. The van der Waals surface area contributed by atoms with E-state index >= 15 is 0 Å². The molecule has 0 saturated heterocycles. The summed E-state index contributed by atoms with van der Waals surface area (Å²) in [6, 6.07) is 14.4. The van der Waals surface area contributed by atoms with E-state index in [-0.39, 0.29) is 0 Å². The Bertz CT molecular complexity index is 1160. The summed E-state index contributed by atoms with van der Waals surface area (Å²) in [4.78, 5) is 0. The van der Waals surface area contributed by atoms with Crippen molar-refractivity contribution in [2.75, 3.05) is 13.2 Å². The molecule has 1 N–H and O–H groups in total. The molecule has 1 aliphatic carbocycles.